The summed E-state index contributed by atoms with van der Waals surface area (Å²) in [4.78, 5) is 3.91. The van der Waals surface area contributed by atoms with Gasteiger partial charge in [-0.2, -0.15) is 5.10 Å². The van der Waals surface area contributed by atoms with Crippen molar-refractivity contribution in [2.75, 3.05) is 7.11 Å². The van der Waals surface area contributed by atoms with Gasteiger partial charge in [-0.05, 0) is 17.7 Å². The molecule has 0 aliphatic heterocycles. The van der Waals surface area contributed by atoms with Gasteiger partial charge in [0.15, 0.2) is 17.4 Å². The Hall–Kier alpha value is -1.95. The molecule has 1 heterocycles. The Kier molecular flexibility index (Phi) is 3.06. The van der Waals surface area contributed by atoms with E-state index in [2.05, 4.69) is 10.1 Å². The summed E-state index contributed by atoms with van der Waals surface area (Å²) in [7, 11) is 3.04. The molecular formula is C11H12FN3O2. The molecule has 0 radical (unpaired) electrons. The smallest absolute Gasteiger partial charge is 0.165 e. The lowest BCUT2D eigenvalue weighted by atomic mass is 10.1. The zero-order chi connectivity index (χ0) is 12.4. The van der Waals surface area contributed by atoms with Gasteiger partial charge >= 0.3 is 0 Å². The standard InChI is InChI=1S/C11H12FN3O2/c1-15-11(13-6-14-15)10(16)7-3-4-9(17-2)8(12)5-7/h3-6,10,16H,1-2H3. The Labute approximate surface area is 97.5 Å². The van der Waals surface area contributed by atoms with Crippen LogP contribution in [0.3, 0.4) is 0 Å². The number of aromatic nitrogens is 3. The number of rotatable bonds is 3. The van der Waals surface area contributed by atoms with Crippen molar-refractivity contribution in [2.45, 2.75) is 6.10 Å². The summed E-state index contributed by atoms with van der Waals surface area (Å²) in [5.41, 5.74) is 0.402. The van der Waals surface area contributed by atoms with Gasteiger partial charge in [-0.1, -0.05) is 6.07 Å². The summed E-state index contributed by atoms with van der Waals surface area (Å²) in [6.45, 7) is 0. The Bertz CT molecular complexity index is 527. The van der Waals surface area contributed by atoms with Crippen LogP contribution in [0.15, 0.2) is 24.5 Å². The molecule has 0 aliphatic rings. The van der Waals surface area contributed by atoms with Gasteiger partial charge in [-0.15, -0.1) is 0 Å². The van der Waals surface area contributed by atoms with E-state index in [-0.39, 0.29) is 5.75 Å². The zero-order valence-electron chi connectivity index (χ0n) is 9.46. The summed E-state index contributed by atoms with van der Waals surface area (Å²) in [6.07, 6.45) is 0.321. The molecule has 1 atom stereocenters. The molecule has 0 bridgehead atoms. The highest BCUT2D eigenvalue weighted by atomic mass is 19.1. The SMILES string of the molecule is COc1ccc(C(O)c2ncnn2C)cc1F. The lowest BCUT2D eigenvalue weighted by Crippen LogP contribution is -2.08. The maximum atomic E-state index is 13.5. The van der Waals surface area contributed by atoms with E-state index in [9.17, 15) is 9.50 Å². The molecule has 17 heavy (non-hydrogen) atoms. The third-order valence-electron chi connectivity index (χ3n) is 2.48. The van der Waals surface area contributed by atoms with Gasteiger partial charge in [0, 0.05) is 7.05 Å². The first kappa shape index (κ1) is 11.5. The van der Waals surface area contributed by atoms with Crippen LogP contribution in [0.4, 0.5) is 4.39 Å². The Morgan fingerprint density at radius 3 is 2.76 bits per heavy atom. The van der Waals surface area contributed by atoms with Crippen molar-refractivity contribution in [2.24, 2.45) is 7.05 Å². The van der Waals surface area contributed by atoms with Gasteiger partial charge in [0.05, 0.1) is 7.11 Å². The Balaban J connectivity index is 2.35. The predicted octanol–water partition coefficient (Wildman–Crippen LogP) is 1.04. The van der Waals surface area contributed by atoms with Crippen molar-refractivity contribution in [1.29, 1.82) is 0 Å². The first-order chi connectivity index (χ1) is 8.13. The van der Waals surface area contributed by atoms with Crippen molar-refractivity contribution in [3.05, 3.63) is 41.7 Å². The number of hydrogen-bond acceptors (Lipinski definition) is 4. The summed E-state index contributed by atoms with van der Waals surface area (Å²) in [5.74, 6) is -0.0281. The van der Waals surface area contributed by atoms with Crippen LogP contribution in [0.2, 0.25) is 0 Å². The van der Waals surface area contributed by atoms with Gasteiger partial charge in [0.2, 0.25) is 0 Å². The van der Waals surface area contributed by atoms with Crippen molar-refractivity contribution in [1.82, 2.24) is 14.8 Å². The van der Waals surface area contributed by atoms with Crippen LogP contribution in [0.25, 0.3) is 0 Å². The van der Waals surface area contributed by atoms with E-state index in [0.717, 1.165) is 0 Å². The third kappa shape index (κ3) is 2.12. The fourth-order valence-corrected chi connectivity index (χ4v) is 1.55. The van der Waals surface area contributed by atoms with E-state index < -0.39 is 11.9 Å². The second-order valence-corrected chi connectivity index (χ2v) is 3.54. The van der Waals surface area contributed by atoms with Crippen LogP contribution in [0, 0.1) is 5.82 Å². The molecule has 6 heteroatoms. The van der Waals surface area contributed by atoms with Crippen molar-refractivity contribution < 1.29 is 14.2 Å². The molecule has 2 rings (SSSR count). The second kappa shape index (κ2) is 4.50. The van der Waals surface area contributed by atoms with E-state index in [1.165, 1.54) is 30.3 Å². The lowest BCUT2D eigenvalue weighted by Gasteiger charge is -2.11. The average molecular weight is 237 g/mol. The fourth-order valence-electron chi connectivity index (χ4n) is 1.55. The molecule has 5 nitrogen and oxygen atoms in total. The largest absolute Gasteiger partial charge is 0.494 e. The number of methoxy groups -OCH3 is 1. The van der Waals surface area contributed by atoms with Crippen molar-refractivity contribution >= 4 is 0 Å². The molecule has 0 fully saturated rings. The van der Waals surface area contributed by atoms with E-state index in [1.54, 1.807) is 13.1 Å². The summed E-state index contributed by atoms with van der Waals surface area (Å²) < 4.78 is 19.7. The van der Waals surface area contributed by atoms with E-state index in [1.807, 2.05) is 0 Å². The minimum Gasteiger partial charge on any atom is -0.494 e. The molecular weight excluding hydrogens is 225 g/mol. The quantitative estimate of drug-likeness (QED) is 0.866. The van der Waals surface area contributed by atoms with Crippen molar-refractivity contribution in [3.8, 4) is 5.75 Å². The number of nitrogens with zero attached hydrogens (tertiary/aromatic N) is 3. The van der Waals surface area contributed by atoms with E-state index in [4.69, 9.17) is 4.74 Å². The average Bonchev–Trinajstić information content (AvgIpc) is 2.74. The number of ether oxygens (including phenoxy) is 1. The van der Waals surface area contributed by atoms with Gasteiger partial charge in [0.25, 0.3) is 0 Å². The molecule has 0 saturated carbocycles. The minimum absolute atomic E-state index is 0.138. The monoisotopic (exact) mass is 237 g/mol. The summed E-state index contributed by atoms with van der Waals surface area (Å²) >= 11 is 0. The Morgan fingerprint density at radius 1 is 1.47 bits per heavy atom. The Morgan fingerprint density at radius 2 is 2.24 bits per heavy atom. The predicted molar refractivity (Wildman–Crippen MR) is 58.0 cm³/mol. The van der Waals surface area contributed by atoms with Crippen LogP contribution in [-0.2, 0) is 7.05 Å². The normalized spacial score (nSPS) is 12.5. The van der Waals surface area contributed by atoms with Crippen LogP contribution in [0.1, 0.15) is 17.5 Å². The van der Waals surface area contributed by atoms with Gasteiger partial charge in [-0.3, -0.25) is 4.68 Å². The maximum absolute atomic E-state index is 13.5. The fraction of sp³-hybridized carbons (Fsp3) is 0.273. The molecule has 0 amide bonds. The molecule has 1 N–H and O–H groups in total. The van der Waals surface area contributed by atoms with Crippen LogP contribution in [0.5, 0.6) is 5.75 Å². The van der Waals surface area contributed by atoms with E-state index >= 15 is 0 Å². The molecule has 0 spiro atoms. The first-order valence-electron chi connectivity index (χ1n) is 4.99. The van der Waals surface area contributed by atoms with Gasteiger partial charge in [-0.25, -0.2) is 9.37 Å². The molecule has 1 unspecified atom stereocenters. The number of aryl methyl sites for hydroxylation is 1. The first-order valence-corrected chi connectivity index (χ1v) is 4.99. The highest BCUT2D eigenvalue weighted by molar-refractivity contribution is 5.32. The molecule has 1 aromatic heterocycles. The number of halogens is 1. The topological polar surface area (TPSA) is 60.2 Å². The second-order valence-electron chi connectivity index (χ2n) is 3.54. The van der Waals surface area contributed by atoms with Crippen LogP contribution in [-0.4, -0.2) is 27.0 Å². The number of aliphatic hydroxyl groups excluding tert-OH is 1. The zero-order valence-corrected chi connectivity index (χ0v) is 9.46. The lowest BCUT2D eigenvalue weighted by molar-refractivity contribution is 0.204. The number of hydrogen-bond donors (Lipinski definition) is 1. The van der Waals surface area contributed by atoms with Crippen molar-refractivity contribution in [3.63, 3.8) is 0 Å². The van der Waals surface area contributed by atoms with Gasteiger partial charge < -0.3 is 9.84 Å². The molecule has 0 saturated heterocycles. The number of aliphatic hydroxyl groups is 1. The minimum atomic E-state index is -1.01. The highest BCUT2D eigenvalue weighted by Crippen LogP contribution is 2.24. The molecule has 0 aliphatic carbocycles. The summed E-state index contributed by atoms with van der Waals surface area (Å²) in [6, 6.07) is 4.27. The number of benzene rings is 1. The molecule has 2 aromatic rings. The molecule has 90 valence electrons. The van der Waals surface area contributed by atoms with E-state index in [0.29, 0.717) is 11.4 Å². The summed E-state index contributed by atoms with van der Waals surface area (Å²) in [5, 5.41) is 13.9. The van der Waals surface area contributed by atoms with Gasteiger partial charge in [0.1, 0.15) is 12.4 Å². The van der Waals surface area contributed by atoms with Crippen LogP contribution < -0.4 is 4.74 Å². The molecule has 1 aromatic carbocycles. The van der Waals surface area contributed by atoms with Crippen LogP contribution >= 0.6 is 0 Å². The maximum Gasteiger partial charge on any atom is 0.165 e. The highest BCUT2D eigenvalue weighted by Gasteiger charge is 2.17. The third-order valence-corrected chi connectivity index (χ3v) is 2.48.